The van der Waals surface area contributed by atoms with Crippen LogP contribution in [0.25, 0.3) is 0 Å². The lowest BCUT2D eigenvalue weighted by atomic mass is 10.0. The first-order chi connectivity index (χ1) is 13.7. The van der Waals surface area contributed by atoms with Crippen LogP contribution >= 0.6 is 11.3 Å². The average Bonchev–Trinajstić information content (AvgIpc) is 3.20. The number of hydrogen-bond donors (Lipinski definition) is 2. The number of thiophene rings is 1. The zero-order valence-corrected chi connectivity index (χ0v) is 18.2. The Morgan fingerprint density at radius 2 is 1.62 bits per heavy atom. The first kappa shape index (κ1) is 22.6. The molecule has 0 saturated heterocycles. The SMILES string of the molecule is CC(C)c1ccc(NC(=O)[C@H](C)OC(=O)[C@H](NC(=O)c2cccs2)C(C)C)cc1. The van der Waals surface area contributed by atoms with Gasteiger partial charge >= 0.3 is 5.97 Å². The van der Waals surface area contributed by atoms with Crippen molar-refractivity contribution in [1.29, 1.82) is 0 Å². The van der Waals surface area contributed by atoms with E-state index in [4.69, 9.17) is 4.74 Å². The molecule has 2 N–H and O–H groups in total. The molecule has 7 heteroatoms. The van der Waals surface area contributed by atoms with Gasteiger partial charge in [-0.2, -0.15) is 0 Å². The highest BCUT2D eigenvalue weighted by atomic mass is 32.1. The van der Waals surface area contributed by atoms with Crippen molar-refractivity contribution >= 4 is 34.8 Å². The number of benzene rings is 1. The number of amides is 2. The predicted octanol–water partition coefficient (Wildman–Crippen LogP) is 4.20. The van der Waals surface area contributed by atoms with Crippen molar-refractivity contribution in [3.63, 3.8) is 0 Å². The van der Waals surface area contributed by atoms with Crippen LogP contribution in [0.2, 0.25) is 0 Å². The predicted molar refractivity (Wildman–Crippen MR) is 115 cm³/mol. The summed E-state index contributed by atoms with van der Waals surface area (Å²) in [7, 11) is 0. The molecule has 0 aliphatic heterocycles. The Hall–Kier alpha value is -2.67. The topological polar surface area (TPSA) is 84.5 Å². The van der Waals surface area contributed by atoms with E-state index in [1.165, 1.54) is 23.8 Å². The molecule has 6 nitrogen and oxygen atoms in total. The van der Waals surface area contributed by atoms with E-state index in [2.05, 4.69) is 24.5 Å². The highest BCUT2D eigenvalue weighted by Gasteiger charge is 2.29. The minimum absolute atomic E-state index is 0.190. The largest absolute Gasteiger partial charge is 0.451 e. The quantitative estimate of drug-likeness (QED) is 0.632. The molecule has 1 heterocycles. The standard InChI is InChI=1S/C22H28N2O4S/c1-13(2)16-8-10-17(11-9-16)23-20(25)15(5)28-22(27)19(14(3)4)24-21(26)18-7-6-12-29-18/h6-15,19H,1-5H3,(H,23,25)(H,24,26)/t15-,19+/m0/s1. The van der Waals surface area contributed by atoms with Gasteiger partial charge in [-0.05, 0) is 47.9 Å². The second-order valence-corrected chi connectivity index (χ2v) is 8.47. The molecule has 1 aromatic heterocycles. The van der Waals surface area contributed by atoms with E-state index in [9.17, 15) is 14.4 Å². The lowest BCUT2D eigenvalue weighted by molar-refractivity contribution is -0.156. The molecular weight excluding hydrogens is 388 g/mol. The van der Waals surface area contributed by atoms with Gasteiger partial charge in [-0.15, -0.1) is 11.3 Å². The van der Waals surface area contributed by atoms with Gasteiger partial charge in [-0.25, -0.2) is 4.79 Å². The van der Waals surface area contributed by atoms with Crippen LogP contribution in [-0.2, 0) is 14.3 Å². The van der Waals surface area contributed by atoms with Gasteiger partial charge in [0.15, 0.2) is 6.10 Å². The van der Waals surface area contributed by atoms with Gasteiger partial charge in [-0.3, -0.25) is 9.59 Å². The third-order valence-corrected chi connectivity index (χ3v) is 5.33. The van der Waals surface area contributed by atoms with Gasteiger partial charge in [0.2, 0.25) is 0 Å². The molecule has 0 aliphatic rings. The summed E-state index contributed by atoms with van der Waals surface area (Å²) in [6.07, 6.45) is -0.993. The lowest BCUT2D eigenvalue weighted by Crippen LogP contribution is -2.47. The minimum Gasteiger partial charge on any atom is -0.451 e. The first-order valence-electron chi connectivity index (χ1n) is 9.64. The number of rotatable bonds is 8. The molecule has 2 atom stereocenters. The minimum atomic E-state index is -0.993. The van der Waals surface area contributed by atoms with Crippen LogP contribution < -0.4 is 10.6 Å². The van der Waals surface area contributed by atoms with Crippen molar-refractivity contribution < 1.29 is 19.1 Å². The zero-order chi connectivity index (χ0) is 21.6. The Morgan fingerprint density at radius 3 is 2.14 bits per heavy atom. The van der Waals surface area contributed by atoms with Gasteiger partial charge in [0.05, 0.1) is 4.88 Å². The van der Waals surface area contributed by atoms with Gasteiger partial charge in [0.25, 0.3) is 11.8 Å². The van der Waals surface area contributed by atoms with E-state index in [1.54, 1.807) is 17.5 Å². The molecule has 1 aromatic carbocycles. The molecular formula is C22H28N2O4S. The summed E-state index contributed by atoms with van der Waals surface area (Å²) in [5.74, 6) is -1.19. The van der Waals surface area contributed by atoms with Crippen molar-refractivity contribution in [2.75, 3.05) is 5.32 Å². The zero-order valence-electron chi connectivity index (χ0n) is 17.4. The van der Waals surface area contributed by atoms with Crippen LogP contribution in [0.15, 0.2) is 41.8 Å². The Kier molecular flexibility index (Phi) is 7.96. The van der Waals surface area contributed by atoms with E-state index in [1.807, 2.05) is 38.1 Å². The van der Waals surface area contributed by atoms with Gasteiger partial charge < -0.3 is 15.4 Å². The Bertz CT molecular complexity index is 829. The first-order valence-corrected chi connectivity index (χ1v) is 10.5. The maximum atomic E-state index is 12.6. The summed E-state index contributed by atoms with van der Waals surface area (Å²) in [5, 5.41) is 7.23. The molecule has 156 valence electrons. The fourth-order valence-electron chi connectivity index (χ4n) is 2.61. The van der Waals surface area contributed by atoms with Gasteiger partial charge in [-0.1, -0.05) is 45.9 Å². The van der Waals surface area contributed by atoms with Crippen LogP contribution in [0.1, 0.15) is 55.8 Å². The molecule has 0 spiro atoms. The molecule has 0 aliphatic carbocycles. The number of esters is 1. The van der Waals surface area contributed by atoms with Crippen molar-refractivity contribution in [2.45, 2.75) is 52.7 Å². The van der Waals surface area contributed by atoms with Crippen LogP contribution in [0, 0.1) is 5.92 Å². The van der Waals surface area contributed by atoms with Crippen LogP contribution in [0.5, 0.6) is 0 Å². The van der Waals surface area contributed by atoms with E-state index in [0.29, 0.717) is 16.5 Å². The number of carbonyl (C=O) groups is 3. The van der Waals surface area contributed by atoms with Crippen molar-refractivity contribution in [3.8, 4) is 0 Å². The molecule has 0 saturated carbocycles. The van der Waals surface area contributed by atoms with Crippen molar-refractivity contribution in [1.82, 2.24) is 5.32 Å². The fourth-order valence-corrected chi connectivity index (χ4v) is 3.24. The van der Waals surface area contributed by atoms with Gasteiger partial charge in [0, 0.05) is 5.69 Å². The highest BCUT2D eigenvalue weighted by Crippen LogP contribution is 2.18. The summed E-state index contributed by atoms with van der Waals surface area (Å²) in [5.41, 5.74) is 1.80. The van der Waals surface area contributed by atoms with E-state index in [0.717, 1.165) is 0 Å². The number of ether oxygens (including phenoxy) is 1. The Morgan fingerprint density at radius 1 is 0.966 bits per heavy atom. The Balaban J connectivity index is 1.95. The normalized spacial score (nSPS) is 13.1. The summed E-state index contributed by atoms with van der Waals surface area (Å²) in [4.78, 5) is 37.7. The van der Waals surface area contributed by atoms with Crippen LogP contribution in [-0.4, -0.2) is 29.9 Å². The van der Waals surface area contributed by atoms with Crippen molar-refractivity contribution in [2.24, 2.45) is 5.92 Å². The number of anilines is 1. The maximum Gasteiger partial charge on any atom is 0.329 e. The Labute approximate surface area is 175 Å². The van der Waals surface area contributed by atoms with Crippen LogP contribution in [0.3, 0.4) is 0 Å². The van der Waals surface area contributed by atoms with Crippen LogP contribution in [0.4, 0.5) is 5.69 Å². The molecule has 0 radical (unpaired) electrons. The lowest BCUT2D eigenvalue weighted by Gasteiger charge is -2.22. The summed E-state index contributed by atoms with van der Waals surface area (Å²) in [6, 6.07) is 10.1. The molecule has 2 aromatic rings. The second-order valence-electron chi connectivity index (χ2n) is 7.52. The third kappa shape index (κ3) is 6.42. The smallest absolute Gasteiger partial charge is 0.329 e. The highest BCUT2D eigenvalue weighted by molar-refractivity contribution is 7.12. The molecule has 0 unspecified atom stereocenters. The summed E-state index contributed by atoms with van der Waals surface area (Å²) in [6.45, 7) is 9.31. The van der Waals surface area contributed by atoms with E-state index < -0.39 is 24.0 Å². The second kappa shape index (κ2) is 10.2. The molecule has 29 heavy (non-hydrogen) atoms. The summed E-state index contributed by atoms with van der Waals surface area (Å²) >= 11 is 1.29. The average molecular weight is 417 g/mol. The number of hydrogen-bond acceptors (Lipinski definition) is 5. The molecule has 2 rings (SSSR count). The summed E-state index contributed by atoms with van der Waals surface area (Å²) < 4.78 is 5.33. The van der Waals surface area contributed by atoms with Crippen molar-refractivity contribution in [3.05, 3.63) is 52.2 Å². The molecule has 0 bridgehead atoms. The fraction of sp³-hybridized carbons (Fsp3) is 0.409. The van der Waals surface area contributed by atoms with E-state index >= 15 is 0 Å². The molecule has 0 fully saturated rings. The number of nitrogens with one attached hydrogen (secondary N) is 2. The van der Waals surface area contributed by atoms with Gasteiger partial charge in [0.1, 0.15) is 6.04 Å². The third-order valence-electron chi connectivity index (χ3n) is 4.46. The maximum absolute atomic E-state index is 12.6. The monoisotopic (exact) mass is 416 g/mol. The van der Waals surface area contributed by atoms with E-state index in [-0.39, 0.29) is 11.8 Å². The molecule has 2 amide bonds. The number of carbonyl (C=O) groups excluding carboxylic acids is 3.